The summed E-state index contributed by atoms with van der Waals surface area (Å²) in [6, 6.07) is -0.0801. The van der Waals surface area contributed by atoms with E-state index in [0.29, 0.717) is 16.8 Å². The van der Waals surface area contributed by atoms with E-state index >= 15 is 0 Å². The first kappa shape index (κ1) is 13.5. The molecule has 90 valence electrons. The zero-order chi connectivity index (χ0) is 12.1. The first-order valence-corrected chi connectivity index (χ1v) is 5.84. The zero-order valence-electron chi connectivity index (χ0n) is 9.24. The number of aliphatic hydroxyl groups is 1. The maximum atomic E-state index is 9.21. The Hall–Kier alpha value is -0.580. The highest BCUT2D eigenvalue weighted by molar-refractivity contribution is 6.33. The van der Waals surface area contributed by atoms with E-state index in [-0.39, 0.29) is 17.9 Å². The molecule has 1 aromatic rings. The maximum absolute atomic E-state index is 9.21. The van der Waals surface area contributed by atoms with Gasteiger partial charge < -0.3 is 10.4 Å². The van der Waals surface area contributed by atoms with Crippen LogP contribution in [0.5, 0.6) is 0 Å². The van der Waals surface area contributed by atoms with E-state index in [4.69, 9.17) is 23.2 Å². The molecule has 0 fully saturated rings. The lowest BCUT2D eigenvalue weighted by Crippen LogP contribution is -2.26. The molecule has 0 amide bonds. The molecule has 0 radical (unpaired) electrons. The van der Waals surface area contributed by atoms with Crippen molar-refractivity contribution in [2.45, 2.75) is 26.3 Å². The monoisotopic (exact) mass is 263 g/mol. The number of halogens is 2. The molecule has 0 aliphatic carbocycles. The molecule has 0 aliphatic rings. The molecule has 1 unspecified atom stereocenters. The van der Waals surface area contributed by atoms with Gasteiger partial charge >= 0.3 is 0 Å². The van der Waals surface area contributed by atoms with Crippen molar-refractivity contribution in [2.24, 2.45) is 5.92 Å². The van der Waals surface area contributed by atoms with E-state index in [1.165, 1.54) is 6.20 Å². The summed E-state index contributed by atoms with van der Waals surface area (Å²) in [5.74, 6) is 0.933. The highest BCUT2D eigenvalue weighted by Crippen LogP contribution is 2.21. The molecule has 0 bridgehead atoms. The number of aliphatic hydroxyl groups excluding tert-OH is 1. The Morgan fingerprint density at radius 2 is 2.12 bits per heavy atom. The van der Waals surface area contributed by atoms with Crippen molar-refractivity contribution in [1.29, 1.82) is 0 Å². The van der Waals surface area contributed by atoms with Crippen LogP contribution in [0, 0.1) is 5.92 Å². The van der Waals surface area contributed by atoms with Crippen LogP contribution in [0.15, 0.2) is 6.20 Å². The van der Waals surface area contributed by atoms with Crippen LogP contribution < -0.4 is 5.32 Å². The molecule has 0 aromatic carbocycles. The van der Waals surface area contributed by atoms with Gasteiger partial charge in [0.15, 0.2) is 0 Å². The van der Waals surface area contributed by atoms with Gasteiger partial charge in [-0.1, -0.05) is 25.4 Å². The van der Waals surface area contributed by atoms with Gasteiger partial charge in [0.1, 0.15) is 10.8 Å². The third kappa shape index (κ3) is 4.12. The van der Waals surface area contributed by atoms with E-state index in [0.717, 1.165) is 6.42 Å². The lowest BCUT2D eigenvalue weighted by Gasteiger charge is -2.19. The summed E-state index contributed by atoms with van der Waals surface area (Å²) in [6.07, 6.45) is 2.26. The first-order valence-electron chi connectivity index (χ1n) is 5.08. The van der Waals surface area contributed by atoms with Crippen molar-refractivity contribution in [3.8, 4) is 0 Å². The molecule has 0 saturated carbocycles. The SMILES string of the molecule is CC(C)CC(CO)Nc1nc(Cl)ncc1Cl. The minimum absolute atomic E-state index is 0.0239. The number of nitrogens with zero attached hydrogens (tertiary/aromatic N) is 2. The average Bonchev–Trinajstić information content (AvgIpc) is 2.21. The lowest BCUT2D eigenvalue weighted by molar-refractivity contribution is 0.259. The molecule has 1 rings (SSSR count). The number of hydrogen-bond donors (Lipinski definition) is 2. The lowest BCUT2D eigenvalue weighted by atomic mass is 10.0. The molecule has 6 heteroatoms. The van der Waals surface area contributed by atoms with Gasteiger partial charge in [0.2, 0.25) is 5.28 Å². The predicted octanol–water partition coefficient (Wildman–Crippen LogP) is 2.60. The van der Waals surface area contributed by atoms with Gasteiger partial charge in [-0.15, -0.1) is 0 Å². The van der Waals surface area contributed by atoms with Crippen LogP contribution in [0.4, 0.5) is 5.82 Å². The largest absolute Gasteiger partial charge is 0.394 e. The molecule has 1 atom stereocenters. The van der Waals surface area contributed by atoms with Crippen molar-refractivity contribution in [2.75, 3.05) is 11.9 Å². The second-order valence-corrected chi connectivity index (χ2v) is 4.73. The summed E-state index contributed by atoms with van der Waals surface area (Å²) in [6.45, 7) is 4.19. The van der Waals surface area contributed by atoms with Crippen molar-refractivity contribution in [3.05, 3.63) is 16.5 Å². The number of nitrogens with one attached hydrogen (secondary N) is 1. The third-order valence-electron chi connectivity index (χ3n) is 2.03. The zero-order valence-corrected chi connectivity index (χ0v) is 10.8. The van der Waals surface area contributed by atoms with Crippen LogP contribution >= 0.6 is 23.2 Å². The minimum atomic E-state index is -0.0801. The van der Waals surface area contributed by atoms with E-state index in [1.807, 2.05) is 0 Å². The summed E-state index contributed by atoms with van der Waals surface area (Å²) >= 11 is 11.6. The van der Waals surface area contributed by atoms with Crippen molar-refractivity contribution in [1.82, 2.24) is 9.97 Å². The third-order valence-corrected chi connectivity index (χ3v) is 2.49. The van der Waals surface area contributed by atoms with Crippen LogP contribution in [-0.2, 0) is 0 Å². The summed E-state index contributed by atoms with van der Waals surface area (Å²) in [5.41, 5.74) is 0. The Bertz CT molecular complexity index is 347. The minimum Gasteiger partial charge on any atom is -0.394 e. The standard InChI is InChI=1S/C10H15Cl2N3O/c1-6(2)3-7(5-16)14-9-8(11)4-13-10(12)15-9/h4,6-7,16H,3,5H2,1-2H3,(H,13,14,15). The van der Waals surface area contributed by atoms with Crippen LogP contribution in [0.2, 0.25) is 10.3 Å². The van der Waals surface area contributed by atoms with Gasteiger partial charge in [0.25, 0.3) is 0 Å². The highest BCUT2D eigenvalue weighted by atomic mass is 35.5. The molecule has 2 N–H and O–H groups in total. The van der Waals surface area contributed by atoms with Crippen molar-refractivity contribution < 1.29 is 5.11 Å². The quantitative estimate of drug-likeness (QED) is 0.802. The number of aromatic nitrogens is 2. The molecule has 4 nitrogen and oxygen atoms in total. The topological polar surface area (TPSA) is 58.0 Å². The predicted molar refractivity (Wildman–Crippen MR) is 66.0 cm³/mol. The smallest absolute Gasteiger partial charge is 0.224 e. The van der Waals surface area contributed by atoms with Gasteiger partial charge in [0, 0.05) is 0 Å². The van der Waals surface area contributed by atoms with Crippen LogP contribution in [0.3, 0.4) is 0 Å². The van der Waals surface area contributed by atoms with Crippen LogP contribution in [0.25, 0.3) is 0 Å². The Kier molecular flexibility index (Phi) is 5.25. The summed E-state index contributed by atoms with van der Waals surface area (Å²) < 4.78 is 0. The Morgan fingerprint density at radius 3 is 2.69 bits per heavy atom. The molecule has 0 spiro atoms. The van der Waals surface area contributed by atoms with E-state index in [1.54, 1.807) is 0 Å². The maximum Gasteiger partial charge on any atom is 0.224 e. The molecular weight excluding hydrogens is 249 g/mol. The van der Waals surface area contributed by atoms with E-state index < -0.39 is 0 Å². The molecule has 0 saturated heterocycles. The molecule has 16 heavy (non-hydrogen) atoms. The first-order chi connectivity index (χ1) is 7.52. The number of hydrogen-bond acceptors (Lipinski definition) is 4. The fourth-order valence-electron chi connectivity index (χ4n) is 1.39. The van der Waals surface area contributed by atoms with Gasteiger partial charge in [-0.05, 0) is 23.9 Å². The second-order valence-electron chi connectivity index (χ2n) is 3.99. The summed E-state index contributed by atoms with van der Waals surface area (Å²) in [4.78, 5) is 7.72. The molecule has 1 aromatic heterocycles. The highest BCUT2D eigenvalue weighted by Gasteiger charge is 2.12. The van der Waals surface area contributed by atoms with Crippen LogP contribution in [-0.4, -0.2) is 27.7 Å². The average molecular weight is 264 g/mol. The fourth-order valence-corrected chi connectivity index (χ4v) is 1.67. The number of anilines is 1. The van der Waals surface area contributed by atoms with Crippen molar-refractivity contribution >= 4 is 29.0 Å². The molecular formula is C10H15Cl2N3O. The van der Waals surface area contributed by atoms with E-state index in [2.05, 4.69) is 29.1 Å². The van der Waals surface area contributed by atoms with Gasteiger partial charge in [-0.2, -0.15) is 4.98 Å². The van der Waals surface area contributed by atoms with E-state index in [9.17, 15) is 5.11 Å². The summed E-state index contributed by atoms with van der Waals surface area (Å²) in [7, 11) is 0. The number of rotatable bonds is 5. The Labute approximate surface area is 105 Å². The normalized spacial score (nSPS) is 12.9. The second kappa shape index (κ2) is 6.23. The summed E-state index contributed by atoms with van der Waals surface area (Å²) in [5, 5.41) is 12.8. The molecule has 1 heterocycles. The van der Waals surface area contributed by atoms with Gasteiger partial charge in [-0.25, -0.2) is 4.98 Å². The van der Waals surface area contributed by atoms with Gasteiger partial charge in [0.05, 0.1) is 18.8 Å². The van der Waals surface area contributed by atoms with Crippen molar-refractivity contribution in [3.63, 3.8) is 0 Å². The molecule has 0 aliphatic heterocycles. The Balaban J connectivity index is 2.73. The Morgan fingerprint density at radius 1 is 1.44 bits per heavy atom. The van der Waals surface area contributed by atoms with Gasteiger partial charge in [-0.3, -0.25) is 0 Å². The fraction of sp³-hybridized carbons (Fsp3) is 0.600. The van der Waals surface area contributed by atoms with Crippen LogP contribution in [0.1, 0.15) is 20.3 Å².